The van der Waals surface area contributed by atoms with Crippen molar-refractivity contribution in [2.24, 2.45) is 0 Å². The summed E-state index contributed by atoms with van der Waals surface area (Å²) in [6.07, 6.45) is 1.61. The average molecular weight is 403 g/mol. The van der Waals surface area contributed by atoms with Crippen LogP contribution in [-0.4, -0.2) is 19.7 Å². The Balaban J connectivity index is 2.15. The van der Waals surface area contributed by atoms with E-state index < -0.39 is 0 Å². The molecule has 0 atom stereocenters. The molecule has 0 aliphatic carbocycles. The first kappa shape index (κ1) is 13.7. The van der Waals surface area contributed by atoms with Gasteiger partial charge < -0.3 is 4.57 Å². The van der Waals surface area contributed by atoms with Crippen LogP contribution in [0.15, 0.2) is 30.5 Å². The van der Waals surface area contributed by atoms with Crippen molar-refractivity contribution in [2.45, 2.75) is 12.4 Å². The van der Waals surface area contributed by atoms with Crippen molar-refractivity contribution in [3.05, 3.63) is 51.4 Å². The molecule has 7 heteroatoms. The molecule has 1 aromatic carbocycles. The summed E-state index contributed by atoms with van der Waals surface area (Å²) >= 11 is 7.88. The van der Waals surface area contributed by atoms with Gasteiger partial charge in [0.2, 0.25) is 0 Å². The van der Waals surface area contributed by atoms with Crippen molar-refractivity contribution in [3.63, 3.8) is 0 Å². The summed E-state index contributed by atoms with van der Waals surface area (Å²) in [4.78, 5) is 4.44. The summed E-state index contributed by atoms with van der Waals surface area (Å²) in [6, 6.07) is 6.87. The second kappa shape index (κ2) is 5.61. The van der Waals surface area contributed by atoms with E-state index in [4.69, 9.17) is 11.6 Å². The lowest BCUT2D eigenvalue weighted by molar-refractivity contribution is 0.620. The van der Waals surface area contributed by atoms with Gasteiger partial charge in [-0.05, 0) is 40.8 Å². The van der Waals surface area contributed by atoms with Crippen molar-refractivity contribution >= 4 is 45.2 Å². The molecule has 3 rings (SSSR count). The molecule has 0 saturated carbocycles. The number of alkyl halides is 1. The van der Waals surface area contributed by atoms with E-state index in [2.05, 4.69) is 15.2 Å². The van der Waals surface area contributed by atoms with Gasteiger partial charge in [0.1, 0.15) is 11.6 Å². The Hall–Kier alpha value is -1.28. The first-order chi connectivity index (χ1) is 9.69. The molecule has 0 radical (unpaired) electrons. The molecule has 0 N–H and O–H groups in total. The maximum atomic E-state index is 13.8. The average Bonchev–Trinajstić information content (AvgIpc) is 2.78. The minimum Gasteiger partial charge on any atom is -0.321 e. The molecule has 0 aliphatic heterocycles. The molecule has 20 heavy (non-hydrogen) atoms. The molecule has 0 fully saturated rings. The predicted molar refractivity (Wildman–Crippen MR) is 83.1 cm³/mol. The topological polar surface area (TPSA) is 43.6 Å². The van der Waals surface area contributed by atoms with Gasteiger partial charge in [-0.2, -0.15) is 10.2 Å². The van der Waals surface area contributed by atoms with Crippen LogP contribution in [0, 0.1) is 9.39 Å². The van der Waals surface area contributed by atoms with Crippen LogP contribution in [0.5, 0.6) is 0 Å². The summed E-state index contributed by atoms with van der Waals surface area (Å²) in [6.45, 7) is 0.465. The molecular weight excluding hydrogens is 394 g/mol. The second-order valence-corrected chi connectivity index (χ2v) is 5.65. The second-order valence-electron chi connectivity index (χ2n) is 4.22. The van der Waals surface area contributed by atoms with Crippen LogP contribution in [0.1, 0.15) is 11.5 Å². The fourth-order valence-electron chi connectivity index (χ4n) is 2.03. The highest BCUT2D eigenvalue weighted by molar-refractivity contribution is 14.1. The number of benzene rings is 1. The summed E-state index contributed by atoms with van der Waals surface area (Å²) in [5, 5.41) is 7.88. The third-order valence-electron chi connectivity index (χ3n) is 2.94. The summed E-state index contributed by atoms with van der Waals surface area (Å²) in [5.41, 5.74) is 2.22. The van der Waals surface area contributed by atoms with Crippen molar-refractivity contribution < 1.29 is 4.39 Å². The smallest absolute Gasteiger partial charge is 0.138 e. The molecule has 4 nitrogen and oxygen atoms in total. The minimum absolute atomic E-state index is 0.257. The number of hydrogen-bond acceptors (Lipinski definition) is 3. The van der Waals surface area contributed by atoms with Gasteiger partial charge in [0.05, 0.1) is 32.7 Å². The fourth-order valence-corrected chi connectivity index (χ4v) is 2.68. The standard InChI is InChI=1S/C13H9ClFIN4/c14-6-13-18-11-5-10(16)9(15)4-12(11)20(13)7-8-2-1-3-17-19-8/h1-5H,6-7H2. The lowest BCUT2D eigenvalue weighted by Gasteiger charge is -2.06. The molecule has 3 aromatic rings. The Morgan fingerprint density at radius 3 is 2.90 bits per heavy atom. The van der Waals surface area contributed by atoms with Crippen LogP contribution < -0.4 is 0 Å². The van der Waals surface area contributed by atoms with E-state index in [1.54, 1.807) is 12.3 Å². The Bertz CT molecular complexity index is 760. The summed E-state index contributed by atoms with van der Waals surface area (Å²) in [7, 11) is 0. The van der Waals surface area contributed by atoms with E-state index in [0.29, 0.717) is 21.5 Å². The lowest BCUT2D eigenvalue weighted by Crippen LogP contribution is -2.06. The van der Waals surface area contributed by atoms with Gasteiger partial charge in [0.25, 0.3) is 0 Å². The van der Waals surface area contributed by atoms with Crippen LogP contribution in [0.25, 0.3) is 11.0 Å². The highest BCUT2D eigenvalue weighted by atomic mass is 127. The minimum atomic E-state index is -0.264. The molecular formula is C13H9ClFIN4. The maximum absolute atomic E-state index is 13.8. The SMILES string of the molecule is Fc1cc2c(cc1I)nc(CCl)n2Cc1cccnn1. The molecule has 0 amide bonds. The zero-order chi connectivity index (χ0) is 14.1. The molecule has 0 unspecified atom stereocenters. The predicted octanol–water partition coefficient (Wildman–Crippen LogP) is 3.36. The largest absolute Gasteiger partial charge is 0.321 e. The highest BCUT2D eigenvalue weighted by Crippen LogP contribution is 2.23. The summed E-state index contributed by atoms with van der Waals surface area (Å²) < 4.78 is 16.2. The number of rotatable bonds is 3. The third-order valence-corrected chi connectivity index (χ3v) is 4.00. The highest BCUT2D eigenvalue weighted by Gasteiger charge is 2.13. The van der Waals surface area contributed by atoms with E-state index in [-0.39, 0.29) is 11.7 Å². The van der Waals surface area contributed by atoms with E-state index in [1.165, 1.54) is 6.07 Å². The summed E-state index contributed by atoms with van der Waals surface area (Å²) in [5.74, 6) is 0.681. The number of nitrogens with zero attached hydrogens (tertiary/aromatic N) is 4. The first-order valence-electron chi connectivity index (χ1n) is 5.85. The molecule has 2 heterocycles. The molecule has 102 valence electrons. The number of aromatic nitrogens is 4. The van der Waals surface area contributed by atoms with Crippen molar-refractivity contribution in [3.8, 4) is 0 Å². The fraction of sp³-hybridized carbons (Fsp3) is 0.154. The number of hydrogen-bond donors (Lipinski definition) is 0. The Kier molecular flexibility index (Phi) is 3.84. The van der Waals surface area contributed by atoms with Gasteiger partial charge in [-0.1, -0.05) is 0 Å². The Morgan fingerprint density at radius 2 is 2.20 bits per heavy atom. The van der Waals surface area contributed by atoms with Crippen molar-refractivity contribution in [1.82, 2.24) is 19.7 Å². The molecule has 0 bridgehead atoms. The van der Waals surface area contributed by atoms with Crippen LogP contribution in [0.3, 0.4) is 0 Å². The van der Waals surface area contributed by atoms with Crippen molar-refractivity contribution in [1.29, 1.82) is 0 Å². The van der Waals surface area contributed by atoms with E-state index >= 15 is 0 Å². The zero-order valence-corrected chi connectivity index (χ0v) is 13.1. The van der Waals surface area contributed by atoms with E-state index in [9.17, 15) is 4.39 Å². The van der Waals surface area contributed by atoms with E-state index in [0.717, 1.165) is 11.2 Å². The van der Waals surface area contributed by atoms with Gasteiger partial charge in [0, 0.05) is 12.3 Å². The van der Waals surface area contributed by atoms with Gasteiger partial charge >= 0.3 is 0 Å². The van der Waals surface area contributed by atoms with Crippen LogP contribution in [0.2, 0.25) is 0 Å². The zero-order valence-electron chi connectivity index (χ0n) is 10.2. The first-order valence-corrected chi connectivity index (χ1v) is 7.47. The molecule has 0 saturated heterocycles. The van der Waals surface area contributed by atoms with E-state index in [1.807, 2.05) is 39.3 Å². The van der Waals surface area contributed by atoms with Crippen LogP contribution >= 0.6 is 34.2 Å². The lowest BCUT2D eigenvalue weighted by atomic mass is 10.3. The molecule has 0 aliphatic rings. The Labute approximate surface area is 133 Å². The quantitative estimate of drug-likeness (QED) is 0.498. The Morgan fingerprint density at radius 1 is 1.35 bits per heavy atom. The molecule has 2 aromatic heterocycles. The van der Waals surface area contributed by atoms with Gasteiger partial charge in [-0.25, -0.2) is 9.37 Å². The van der Waals surface area contributed by atoms with Gasteiger partial charge in [0.15, 0.2) is 0 Å². The van der Waals surface area contributed by atoms with Crippen LogP contribution in [0.4, 0.5) is 4.39 Å². The monoisotopic (exact) mass is 402 g/mol. The number of halogens is 3. The van der Waals surface area contributed by atoms with Gasteiger partial charge in [-0.3, -0.25) is 0 Å². The molecule has 0 spiro atoms. The number of fused-ring (bicyclic) bond motifs is 1. The van der Waals surface area contributed by atoms with Crippen molar-refractivity contribution in [2.75, 3.05) is 0 Å². The van der Waals surface area contributed by atoms with Crippen LogP contribution in [-0.2, 0) is 12.4 Å². The maximum Gasteiger partial charge on any atom is 0.138 e. The normalized spacial score (nSPS) is 11.2. The number of imidazole rings is 1. The third kappa shape index (κ3) is 2.49. The van der Waals surface area contributed by atoms with Gasteiger partial charge in [-0.15, -0.1) is 11.6 Å².